The van der Waals surface area contributed by atoms with E-state index in [9.17, 15) is 14.4 Å². The number of hydrogen-bond donors (Lipinski definition) is 3. The second-order valence-corrected chi connectivity index (χ2v) is 7.48. The SMILES string of the molecule is O=C(CNC(=O)c1cccs1)NNC(=O)c1nc(-c2ccccc2)n(-c2ccccc2)n1. The number of aromatic nitrogens is 3. The average molecular weight is 446 g/mol. The van der Waals surface area contributed by atoms with Crippen LogP contribution >= 0.6 is 11.3 Å². The summed E-state index contributed by atoms with van der Waals surface area (Å²) in [5, 5.41) is 8.56. The highest BCUT2D eigenvalue weighted by Gasteiger charge is 2.19. The van der Waals surface area contributed by atoms with Gasteiger partial charge in [0, 0.05) is 5.56 Å². The van der Waals surface area contributed by atoms with E-state index in [0.717, 1.165) is 11.3 Å². The minimum Gasteiger partial charge on any atom is -0.342 e. The molecule has 0 spiro atoms. The van der Waals surface area contributed by atoms with Crippen LogP contribution in [0.15, 0.2) is 78.2 Å². The van der Waals surface area contributed by atoms with E-state index in [2.05, 4.69) is 26.3 Å². The number of amides is 3. The molecule has 0 aliphatic carbocycles. The van der Waals surface area contributed by atoms with Crippen LogP contribution in [0.3, 0.4) is 0 Å². The third-order valence-corrected chi connectivity index (χ3v) is 5.18. The molecular weight excluding hydrogens is 428 g/mol. The normalized spacial score (nSPS) is 10.4. The Hall–Kier alpha value is -4.31. The van der Waals surface area contributed by atoms with Crippen molar-refractivity contribution in [3.8, 4) is 17.1 Å². The second kappa shape index (κ2) is 9.67. The van der Waals surface area contributed by atoms with Crippen molar-refractivity contribution < 1.29 is 14.4 Å². The van der Waals surface area contributed by atoms with Gasteiger partial charge in [0.2, 0.25) is 5.82 Å². The van der Waals surface area contributed by atoms with Gasteiger partial charge in [0.1, 0.15) is 0 Å². The Bertz CT molecular complexity index is 1170. The molecule has 0 unspecified atom stereocenters. The maximum atomic E-state index is 12.6. The van der Waals surface area contributed by atoms with E-state index < -0.39 is 11.8 Å². The van der Waals surface area contributed by atoms with Crippen LogP contribution in [0.1, 0.15) is 20.3 Å². The number of benzene rings is 2. The van der Waals surface area contributed by atoms with Crippen LogP contribution < -0.4 is 16.2 Å². The van der Waals surface area contributed by atoms with Crippen molar-refractivity contribution in [3.63, 3.8) is 0 Å². The van der Waals surface area contributed by atoms with Crippen LogP contribution in [0.4, 0.5) is 0 Å². The summed E-state index contributed by atoms with van der Waals surface area (Å²) in [7, 11) is 0. The minimum atomic E-state index is -0.685. The van der Waals surface area contributed by atoms with Gasteiger partial charge in [-0.3, -0.25) is 25.2 Å². The number of rotatable bonds is 6. The van der Waals surface area contributed by atoms with E-state index in [1.54, 1.807) is 22.2 Å². The van der Waals surface area contributed by atoms with Crippen LogP contribution in [0.2, 0.25) is 0 Å². The number of thiophene rings is 1. The number of nitrogens with one attached hydrogen (secondary N) is 3. The van der Waals surface area contributed by atoms with Gasteiger partial charge in [0.15, 0.2) is 5.82 Å². The summed E-state index contributed by atoms with van der Waals surface area (Å²) in [6.07, 6.45) is 0. The molecule has 0 fully saturated rings. The standard InChI is InChI=1S/C22H18N6O3S/c29-18(14-23-21(30)17-12-7-13-32-17)25-26-22(31)19-24-20(15-8-3-1-4-9-15)28(27-19)16-10-5-2-6-11-16/h1-13H,14H2,(H,23,30)(H,25,29)(H,26,31). The van der Waals surface area contributed by atoms with Crippen molar-refractivity contribution in [2.45, 2.75) is 0 Å². The van der Waals surface area contributed by atoms with Gasteiger partial charge in [-0.05, 0) is 23.6 Å². The third kappa shape index (κ3) is 4.87. The number of carbonyl (C=O) groups excluding carboxylic acids is 3. The Balaban J connectivity index is 1.44. The van der Waals surface area contributed by atoms with Crippen LogP contribution in [0.5, 0.6) is 0 Å². The summed E-state index contributed by atoms with van der Waals surface area (Å²) in [5.41, 5.74) is 6.04. The predicted octanol–water partition coefficient (Wildman–Crippen LogP) is 2.19. The molecule has 0 saturated carbocycles. The summed E-state index contributed by atoms with van der Waals surface area (Å²) in [4.78, 5) is 41.3. The predicted molar refractivity (Wildman–Crippen MR) is 119 cm³/mol. The van der Waals surface area contributed by atoms with Gasteiger partial charge < -0.3 is 5.32 Å². The summed E-state index contributed by atoms with van der Waals surface area (Å²) in [6.45, 7) is -0.293. The Kier molecular flexibility index (Phi) is 6.33. The molecule has 4 rings (SSSR count). The quantitative estimate of drug-likeness (QED) is 0.393. The molecule has 0 radical (unpaired) electrons. The Morgan fingerprint density at radius 3 is 2.25 bits per heavy atom. The van der Waals surface area contributed by atoms with Gasteiger partial charge in [0.25, 0.3) is 11.8 Å². The lowest BCUT2D eigenvalue weighted by Gasteiger charge is -2.06. The Labute approximate surface area is 187 Å². The maximum absolute atomic E-state index is 12.6. The first-order valence-corrected chi connectivity index (χ1v) is 10.5. The fraction of sp³-hybridized carbons (Fsp3) is 0.0455. The molecule has 3 N–H and O–H groups in total. The first-order valence-electron chi connectivity index (χ1n) is 9.60. The van der Waals surface area contributed by atoms with E-state index in [1.807, 2.05) is 60.7 Å². The second-order valence-electron chi connectivity index (χ2n) is 6.53. The molecule has 0 aliphatic heterocycles. The molecule has 4 aromatic rings. The van der Waals surface area contributed by atoms with Crippen LogP contribution in [-0.2, 0) is 4.79 Å². The van der Waals surface area contributed by atoms with Gasteiger partial charge in [0.05, 0.1) is 17.1 Å². The molecule has 0 saturated heterocycles. The number of hydrogen-bond acceptors (Lipinski definition) is 6. The number of hydrazine groups is 1. The van der Waals surface area contributed by atoms with Crippen molar-refractivity contribution in [1.82, 2.24) is 30.9 Å². The highest BCUT2D eigenvalue weighted by Crippen LogP contribution is 2.20. The van der Waals surface area contributed by atoms with Gasteiger partial charge in [-0.2, -0.15) is 0 Å². The molecule has 32 heavy (non-hydrogen) atoms. The lowest BCUT2D eigenvalue weighted by molar-refractivity contribution is -0.120. The van der Waals surface area contributed by atoms with Crippen LogP contribution in [-0.4, -0.2) is 39.0 Å². The average Bonchev–Trinajstić information content (AvgIpc) is 3.53. The molecule has 9 nitrogen and oxygen atoms in total. The first kappa shape index (κ1) is 20.9. The fourth-order valence-electron chi connectivity index (χ4n) is 2.81. The van der Waals surface area contributed by atoms with E-state index in [-0.39, 0.29) is 18.3 Å². The minimum absolute atomic E-state index is 0.115. The van der Waals surface area contributed by atoms with Crippen LogP contribution in [0, 0.1) is 0 Å². The molecule has 160 valence electrons. The molecule has 0 aliphatic rings. The number of para-hydroxylation sites is 1. The van der Waals surface area contributed by atoms with E-state index in [1.165, 1.54) is 11.3 Å². The Morgan fingerprint density at radius 1 is 0.844 bits per heavy atom. The lowest BCUT2D eigenvalue weighted by atomic mass is 10.2. The topological polar surface area (TPSA) is 118 Å². The maximum Gasteiger partial charge on any atom is 0.309 e. The summed E-state index contributed by atoms with van der Waals surface area (Å²) in [5.74, 6) is -1.27. The molecule has 10 heteroatoms. The molecule has 2 aromatic heterocycles. The number of carbonyl (C=O) groups is 3. The van der Waals surface area contributed by atoms with Gasteiger partial charge in [-0.15, -0.1) is 16.4 Å². The molecule has 0 atom stereocenters. The highest BCUT2D eigenvalue weighted by atomic mass is 32.1. The fourth-order valence-corrected chi connectivity index (χ4v) is 3.45. The molecule has 3 amide bonds. The smallest absolute Gasteiger partial charge is 0.309 e. The zero-order valence-electron chi connectivity index (χ0n) is 16.7. The van der Waals surface area contributed by atoms with Crippen LogP contribution in [0.25, 0.3) is 17.1 Å². The lowest BCUT2D eigenvalue weighted by Crippen LogP contribution is -2.46. The Morgan fingerprint density at radius 2 is 1.56 bits per heavy atom. The molecule has 2 heterocycles. The van der Waals surface area contributed by atoms with Crippen molar-refractivity contribution in [2.75, 3.05) is 6.54 Å². The van der Waals surface area contributed by atoms with Gasteiger partial charge in [-0.1, -0.05) is 54.6 Å². The molecule has 0 bridgehead atoms. The van der Waals surface area contributed by atoms with Crippen molar-refractivity contribution in [3.05, 3.63) is 88.9 Å². The highest BCUT2D eigenvalue weighted by molar-refractivity contribution is 7.12. The van der Waals surface area contributed by atoms with Gasteiger partial charge >= 0.3 is 5.91 Å². The molecular formula is C22H18N6O3S. The first-order chi connectivity index (χ1) is 15.6. The zero-order valence-corrected chi connectivity index (χ0v) is 17.5. The molecule has 2 aromatic carbocycles. The largest absolute Gasteiger partial charge is 0.342 e. The van der Waals surface area contributed by atoms with Crippen molar-refractivity contribution in [1.29, 1.82) is 0 Å². The number of nitrogens with zero attached hydrogens (tertiary/aromatic N) is 3. The summed E-state index contributed by atoms with van der Waals surface area (Å²) in [6, 6.07) is 22.0. The van der Waals surface area contributed by atoms with Crippen molar-refractivity contribution in [2.24, 2.45) is 0 Å². The zero-order chi connectivity index (χ0) is 22.3. The van der Waals surface area contributed by atoms with Gasteiger partial charge in [-0.25, -0.2) is 9.67 Å². The van der Waals surface area contributed by atoms with E-state index >= 15 is 0 Å². The van der Waals surface area contributed by atoms with E-state index in [0.29, 0.717) is 10.7 Å². The summed E-state index contributed by atoms with van der Waals surface area (Å²) < 4.78 is 1.56. The van der Waals surface area contributed by atoms with Crippen molar-refractivity contribution >= 4 is 29.1 Å². The summed E-state index contributed by atoms with van der Waals surface area (Å²) >= 11 is 1.27. The van der Waals surface area contributed by atoms with E-state index in [4.69, 9.17) is 0 Å². The monoisotopic (exact) mass is 446 g/mol. The third-order valence-electron chi connectivity index (χ3n) is 4.31.